The van der Waals surface area contributed by atoms with E-state index in [2.05, 4.69) is 4.98 Å². The lowest BCUT2D eigenvalue weighted by molar-refractivity contribution is -0.384. The minimum Gasteiger partial charge on any atom is -0.317 e. The molecule has 7 nitrogen and oxygen atoms in total. The van der Waals surface area contributed by atoms with Gasteiger partial charge >= 0.3 is 0 Å². The normalized spacial score (nSPS) is 9.58. The van der Waals surface area contributed by atoms with Crippen LogP contribution >= 0.6 is 0 Å². The Balaban J connectivity index is 2.35. The number of rotatable bonds is 3. The molecule has 92 valence electrons. The highest BCUT2D eigenvalue weighted by Crippen LogP contribution is 2.15. The van der Waals surface area contributed by atoms with Gasteiger partial charge in [-0.05, 0) is 5.56 Å². The predicted molar refractivity (Wildman–Crippen MR) is 63.9 cm³/mol. The van der Waals surface area contributed by atoms with Crippen molar-refractivity contribution < 1.29 is 4.92 Å². The minimum atomic E-state index is -0.483. The number of aromatic nitrogens is 2. The molecule has 1 aromatic heterocycles. The van der Waals surface area contributed by atoms with Crippen LogP contribution in [-0.2, 0) is 6.54 Å². The lowest BCUT2D eigenvalue weighted by Crippen LogP contribution is -2.02. The van der Waals surface area contributed by atoms with E-state index in [1.165, 1.54) is 23.0 Å². The van der Waals surface area contributed by atoms with Gasteiger partial charge in [-0.25, -0.2) is 4.98 Å². The Labute approximate surface area is 108 Å². The molecule has 0 spiro atoms. The Morgan fingerprint density at radius 2 is 2.16 bits per heavy atom. The third kappa shape index (κ3) is 2.40. The van der Waals surface area contributed by atoms with Crippen molar-refractivity contribution in [1.82, 2.24) is 9.55 Å². The van der Waals surface area contributed by atoms with Gasteiger partial charge in [0.15, 0.2) is 11.4 Å². The average Bonchev–Trinajstić information content (AvgIpc) is 2.80. The molecule has 1 heterocycles. The Kier molecular flexibility index (Phi) is 3.22. The summed E-state index contributed by atoms with van der Waals surface area (Å²) >= 11 is 0. The SMILES string of the molecule is N#Cc1ncn(Cc2cccc([N+](=O)[O-])c2)c1C#N. The molecule has 0 unspecified atom stereocenters. The van der Waals surface area contributed by atoms with Gasteiger partial charge in [0.2, 0.25) is 0 Å². The van der Waals surface area contributed by atoms with E-state index in [0.717, 1.165) is 0 Å². The van der Waals surface area contributed by atoms with E-state index >= 15 is 0 Å². The molecule has 0 amide bonds. The van der Waals surface area contributed by atoms with Crippen LogP contribution < -0.4 is 0 Å². The molecule has 0 N–H and O–H groups in total. The molecular formula is C12H7N5O2. The summed E-state index contributed by atoms with van der Waals surface area (Å²) in [4.78, 5) is 14.0. The molecule has 0 fully saturated rings. The highest BCUT2D eigenvalue weighted by atomic mass is 16.6. The fourth-order valence-electron chi connectivity index (χ4n) is 1.67. The molecule has 2 aromatic rings. The standard InChI is InChI=1S/C12H7N5O2/c13-5-11-12(6-14)16(8-15-11)7-9-2-1-3-10(4-9)17(18)19/h1-4,8H,7H2. The molecular weight excluding hydrogens is 246 g/mol. The molecule has 0 saturated carbocycles. The van der Waals surface area contributed by atoms with Crippen LogP contribution in [0.15, 0.2) is 30.6 Å². The molecule has 2 rings (SSSR count). The number of nitrogens with zero attached hydrogens (tertiary/aromatic N) is 5. The quantitative estimate of drug-likeness (QED) is 0.609. The third-order valence-electron chi connectivity index (χ3n) is 2.52. The summed E-state index contributed by atoms with van der Waals surface area (Å²) in [5, 5.41) is 28.4. The Morgan fingerprint density at radius 1 is 1.37 bits per heavy atom. The molecule has 0 radical (unpaired) electrons. The smallest absolute Gasteiger partial charge is 0.269 e. The van der Waals surface area contributed by atoms with Crippen LogP contribution in [0.3, 0.4) is 0 Å². The van der Waals surface area contributed by atoms with Crippen molar-refractivity contribution in [2.24, 2.45) is 0 Å². The summed E-state index contributed by atoms with van der Waals surface area (Å²) in [5.41, 5.74) is 0.839. The van der Waals surface area contributed by atoms with Crippen LogP contribution in [0.2, 0.25) is 0 Å². The zero-order valence-corrected chi connectivity index (χ0v) is 9.65. The number of imidazole rings is 1. The van der Waals surface area contributed by atoms with Crippen molar-refractivity contribution in [3.63, 3.8) is 0 Å². The van der Waals surface area contributed by atoms with Gasteiger partial charge in [-0.2, -0.15) is 10.5 Å². The second-order valence-corrected chi connectivity index (χ2v) is 3.72. The molecule has 0 aliphatic rings. The summed E-state index contributed by atoms with van der Waals surface area (Å²) in [6, 6.07) is 9.81. The maximum absolute atomic E-state index is 10.7. The van der Waals surface area contributed by atoms with E-state index in [1.807, 2.05) is 12.1 Å². The fourth-order valence-corrected chi connectivity index (χ4v) is 1.67. The van der Waals surface area contributed by atoms with Crippen molar-refractivity contribution in [2.75, 3.05) is 0 Å². The first-order valence-electron chi connectivity index (χ1n) is 5.24. The zero-order valence-electron chi connectivity index (χ0n) is 9.65. The molecule has 0 aliphatic heterocycles. The highest BCUT2D eigenvalue weighted by molar-refractivity contribution is 5.38. The maximum atomic E-state index is 10.7. The fraction of sp³-hybridized carbons (Fsp3) is 0.0833. The zero-order chi connectivity index (χ0) is 13.8. The van der Waals surface area contributed by atoms with Gasteiger partial charge < -0.3 is 4.57 Å². The van der Waals surface area contributed by atoms with E-state index in [9.17, 15) is 10.1 Å². The largest absolute Gasteiger partial charge is 0.317 e. The van der Waals surface area contributed by atoms with E-state index in [-0.39, 0.29) is 23.6 Å². The van der Waals surface area contributed by atoms with Crippen LogP contribution in [0.1, 0.15) is 17.0 Å². The van der Waals surface area contributed by atoms with E-state index in [0.29, 0.717) is 5.56 Å². The van der Waals surface area contributed by atoms with Gasteiger partial charge in [0.1, 0.15) is 12.1 Å². The van der Waals surface area contributed by atoms with E-state index in [1.54, 1.807) is 12.1 Å². The first-order valence-corrected chi connectivity index (χ1v) is 5.24. The average molecular weight is 253 g/mol. The van der Waals surface area contributed by atoms with Gasteiger partial charge in [0, 0.05) is 12.1 Å². The monoisotopic (exact) mass is 253 g/mol. The number of nitro benzene ring substituents is 1. The second kappa shape index (κ2) is 4.98. The molecule has 7 heteroatoms. The van der Waals surface area contributed by atoms with Crippen molar-refractivity contribution in [3.05, 3.63) is 57.7 Å². The van der Waals surface area contributed by atoms with Gasteiger partial charge in [-0.1, -0.05) is 12.1 Å². The van der Waals surface area contributed by atoms with Crippen LogP contribution in [0, 0.1) is 32.8 Å². The maximum Gasteiger partial charge on any atom is 0.269 e. The van der Waals surface area contributed by atoms with Crippen molar-refractivity contribution in [2.45, 2.75) is 6.54 Å². The number of hydrogen-bond donors (Lipinski definition) is 0. The minimum absolute atomic E-state index is 0.0170. The Morgan fingerprint density at radius 3 is 2.79 bits per heavy atom. The number of nitriles is 2. The highest BCUT2D eigenvalue weighted by Gasteiger charge is 2.11. The number of benzene rings is 1. The van der Waals surface area contributed by atoms with Crippen LogP contribution in [-0.4, -0.2) is 14.5 Å². The molecule has 19 heavy (non-hydrogen) atoms. The van der Waals surface area contributed by atoms with Gasteiger partial charge in [-0.15, -0.1) is 0 Å². The van der Waals surface area contributed by atoms with Gasteiger partial charge in [0.25, 0.3) is 5.69 Å². The van der Waals surface area contributed by atoms with Crippen LogP contribution in [0.25, 0.3) is 0 Å². The predicted octanol–water partition coefficient (Wildman–Crippen LogP) is 1.58. The van der Waals surface area contributed by atoms with Crippen LogP contribution in [0.4, 0.5) is 5.69 Å². The first kappa shape index (κ1) is 12.3. The topological polar surface area (TPSA) is 109 Å². The molecule has 0 aliphatic carbocycles. The summed E-state index contributed by atoms with van der Waals surface area (Å²) in [7, 11) is 0. The summed E-state index contributed by atoms with van der Waals surface area (Å²) in [6.07, 6.45) is 1.37. The summed E-state index contributed by atoms with van der Waals surface area (Å²) in [5.74, 6) is 0. The molecule has 0 bridgehead atoms. The number of non-ortho nitro benzene ring substituents is 1. The van der Waals surface area contributed by atoms with E-state index < -0.39 is 4.92 Å². The Bertz CT molecular complexity index is 720. The number of nitro groups is 1. The lowest BCUT2D eigenvalue weighted by Gasteiger charge is -2.03. The van der Waals surface area contributed by atoms with E-state index in [4.69, 9.17) is 10.5 Å². The first-order chi connectivity index (χ1) is 9.15. The van der Waals surface area contributed by atoms with Crippen molar-refractivity contribution in [3.8, 4) is 12.1 Å². The van der Waals surface area contributed by atoms with Crippen molar-refractivity contribution >= 4 is 5.69 Å². The van der Waals surface area contributed by atoms with Gasteiger partial charge in [0.05, 0.1) is 17.8 Å². The third-order valence-corrected chi connectivity index (χ3v) is 2.52. The van der Waals surface area contributed by atoms with Crippen LogP contribution in [0.5, 0.6) is 0 Å². The summed E-state index contributed by atoms with van der Waals surface area (Å²) in [6.45, 7) is 0.249. The van der Waals surface area contributed by atoms with Crippen molar-refractivity contribution in [1.29, 1.82) is 10.5 Å². The molecule has 1 aromatic carbocycles. The van der Waals surface area contributed by atoms with Gasteiger partial charge in [-0.3, -0.25) is 10.1 Å². The molecule has 0 saturated heterocycles. The second-order valence-electron chi connectivity index (χ2n) is 3.72. The lowest BCUT2D eigenvalue weighted by atomic mass is 10.2. The Hall–Kier alpha value is -3.19. The summed E-state index contributed by atoms with van der Waals surface area (Å²) < 4.78 is 1.48. The molecule has 0 atom stereocenters. The number of hydrogen-bond acceptors (Lipinski definition) is 5.